The third kappa shape index (κ3) is 1.90. The lowest BCUT2D eigenvalue weighted by Gasteiger charge is -1.96. The Kier molecular flexibility index (Phi) is 3.06. The summed E-state index contributed by atoms with van der Waals surface area (Å²) in [6.07, 6.45) is 0. The molecule has 0 aliphatic heterocycles. The van der Waals surface area contributed by atoms with Crippen molar-refractivity contribution >= 4 is 23.8 Å². The number of rotatable bonds is 1. The van der Waals surface area contributed by atoms with E-state index in [0.717, 1.165) is 0 Å². The van der Waals surface area contributed by atoms with Gasteiger partial charge < -0.3 is 0 Å². The van der Waals surface area contributed by atoms with Gasteiger partial charge >= 0.3 is 0 Å². The molecule has 1 aromatic carbocycles. The maximum absolute atomic E-state index is 2.69. The highest BCUT2D eigenvalue weighted by Gasteiger charge is 1.89. The molecule has 0 N–H and O–H groups in total. The van der Waals surface area contributed by atoms with E-state index < -0.39 is 0 Å². The van der Waals surface area contributed by atoms with Crippen molar-refractivity contribution in [2.75, 3.05) is 0 Å². The van der Waals surface area contributed by atoms with Crippen molar-refractivity contribution < 1.29 is 0 Å². The molecule has 0 spiro atoms. The van der Waals surface area contributed by atoms with Crippen molar-refractivity contribution in [3.63, 3.8) is 0 Å². The summed E-state index contributed by atoms with van der Waals surface area (Å²) in [7, 11) is 5.27. The van der Waals surface area contributed by atoms with Crippen molar-refractivity contribution in [2.45, 2.75) is 0 Å². The topological polar surface area (TPSA) is 0 Å². The summed E-state index contributed by atoms with van der Waals surface area (Å²) >= 11 is 0. The van der Waals surface area contributed by atoms with Crippen LogP contribution in [-0.2, 0) is 0 Å². The van der Waals surface area contributed by atoms with Crippen LogP contribution in [-0.4, -0.2) is 0 Å². The third-order valence-corrected chi connectivity index (χ3v) is 2.56. The zero-order valence-electron chi connectivity index (χ0n) is 5.62. The molecule has 10 heavy (non-hydrogen) atoms. The van der Waals surface area contributed by atoms with E-state index >= 15 is 0 Å². The number of hydrogen-bond donors (Lipinski definition) is 0. The summed E-state index contributed by atoms with van der Waals surface area (Å²) < 4.78 is 0. The molecule has 0 amide bonds. The van der Waals surface area contributed by atoms with E-state index in [0.29, 0.717) is 0 Å². The second-order valence-corrected chi connectivity index (χ2v) is 2.94. The predicted molar refractivity (Wildman–Crippen MR) is 53.8 cm³/mol. The van der Waals surface area contributed by atoms with Crippen LogP contribution in [0.4, 0.5) is 0 Å². The Hall–Kier alpha value is -0.180. The summed E-state index contributed by atoms with van der Waals surface area (Å²) in [6, 6.07) is 10.3. The highest BCUT2D eigenvalue weighted by molar-refractivity contribution is 7.34. The molecule has 0 nitrogen and oxygen atoms in total. The van der Waals surface area contributed by atoms with E-state index in [1.807, 2.05) is 24.0 Å². The Labute approximate surface area is 66.1 Å². The zero-order chi connectivity index (χ0) is 7.40. The molecule has 0 saturated carbocycles. The molecule has 2 unspecified atom stereocenters. The predicted octanol–water partition coefficient (Wildman–Crippen LogP) is 2.74. The van der Waals surface area contributed by atoms with Crippen LogP contribution in [0.5, 0.6) is 0 Å². The Bertz CT molecular complexity index is 226. The molecule has 2 heteroatoms. The van der Waals surface area contributed by atoms with E-state index in [1.165, 1.54) is 10.9 Å². The minimum Gasteiger partial charge on any atom is -0.113 e. The Morgan fingerprint density at radius 3 is 2.30 bits per heavy atom. The lowest BCUT2D eigenvalue weighted by Crippen LogP contribution is -1.71. The molecule has 1 rings (SSSR count). The summed E-state index contributed by atoms with van der Waals surface area (Å²) in [4.78, 5) is 0. The second kappa shape index (κ2) is 3.86. The molecule has 0 bridgehead atoms. The van der Waals surface area contributed by atoms with Crippen LogP contribution in [0.15, 0.2) is 36.1 Å². The van der Waals surface area contributed by atoms with Gasteiger partial charge in [-0.05, 0) is 10.9 Å². The number of hydrogen-bond acceptors (Lipinski definition) is 0. The molecule has 2 atom stereocenters. The van der Waals surface area contributed by atoms with Gasteiger partial charge in [-0.15, -0.1) is 18.5 Å². The summed E-state index contributed by atoms with van der Waals surface area (Å²) in [6.45, 7) is 0. The second-order valence-electron chi connectivity index (χ2n) is 1.99. The molecule has 52 valence electrons. The average Bonchev–Trinajstić information content (AvgIpc) is 2.05. The summed E-state index contributed by atoms with van der Waals surface area (Å²) in [5.41, 5.74) is 1.25. The Morgan fingerprint density at radius 2 is 1.80 bits per heavy atom. The molecular weight excluding hydrogens is 158 g/mol. The van der Waals surface area contributed by atoms with Gasteiger partial charge in [-0.3, -0.25) is 0 Å². The standard InChI is InChI=1S/C8H10P2/c9-6-8(10)7-4-2-1-3-5-7/h1-6H,9-10H2. The van der Waals surface area contributed by atoms with Gasteiger partial charge in [0.1, 0.15) is 0 Å². The van der Waals surface area contributed by atoms with Crippen LogP contribution in [0, 0.1) is 0 Å². The van der Waals surface area contributed by atoms with Crippen LogP contribution in [0.2, 0.25) is 0 Å². The first kappa shape index (κ1) is 7.92. The Balaban J connectivity index is 2.96. The molecule has 0 saturated heterocycles. The largest absolute Gasteiger partial charge is 0.113 e. The first-order valence-electron chi connectivity index (χ1n) is 3.07. The SMILES string of the molecule is PC=C(P)c1ccccc1. The average molecular weight is 168 g/mol. The van der Waals surface area contributed by atoms with Gasteiger partial charge in [0.15, 0.2) is 0 Å². The van der Waals surface area contributed by atoms with Gasteiger partial charge in [-0.2, -0.15) is 0 Å². The monoisotopic (exact) mass is 168 g/mol. The lowest BCUT2D eigenvalue weighted by molar-refractivity contribution is 1.66. The van der Waals surface area contributed by atoms with Crippen molar-refractivity contribution in [3.05, 3.63) is 41.7 Å². The molecule has 1 aromatic rings. The zero-order valence-corrected chi connectivity index (χ0v) is 7.93. The van der Waals surface area contributed by atoms with Crippen LogP contribution < -0.4 is 0 Å². The molecular formula is C8H10P2. The fourth-order valence-corrected chi connectivity index (χ4v) is 1.11. The molecule has 0 fully saturated rings. The minimum atomic E-state index is 1.21. The fourth-order valence-electron chi connectivity index (χ4n) is 0.727. The molecule has 0 aromatic heterocycles. The maximum atomic E-state index is 2.69. The highest BCUT2D eigenvalue weighted by Crippen LogP contribution is 2.21. The van der Waals surface area contributed by atoms with Crippen molar-refractivity contribution in [2.24, 2.45) is 0 Å². The third-order valence-electron chi connectivity index (χ3n) is 1.29. The molecule has 0 aliphatic rings. The maximum Gasteiger partial charge on any atom is -0.0185 e. The number of benzene rings is 1. The Morgan fingerprint density at radius 1 is 1.20 bits per heavy atom. The minimum absolute atomic E-state index is 1.21. The van der Waals surface area contributed by atoms with Crippen LogP contribution in [0.3, 0.4) is 0 Å². The quantitative estimate of drug-likeness (QED) is 0.565. The van der Waals surface area contributed by atoms with Gasteiger partial charge in [0, 0.05) is 0 Å². The van der Waals surface area contributed by atoms with Gasteiger partial charge in [0.2, 0.25) is 0 Å². The van der Waals surface area contributed by atoms with Crippen LogP contribution in [0.1, 0.15) is 5.56 Å². The molecule has 0 aliphatic carbocycles. The van der Waals surface area contributed by atoms with Gasteiger partial charge in [0.05, 0.1) is 0 Å². The van der Waals surface area contributed by atoms with Gasteiger partial charge in [0.25, 0.3) is 0 Å². The van der Waals surface area contributed by atoms with E-state index in [4.69, 9.17) is 0 Å². The normalized spacial score (nSPS) is 11.6. The first-order valence-corrected chi connectivity index (χ1v) is 4.32. The summed E-state index contributed by atoms with van der Waals surface area (Å²) in [5, 5.41) is 1.21. The van der Waals surface area contributed by atoms with Crippen molar-refractivity contribution in [1.29, 1.82) is 0 Å². The molecule has 0 radical (unpaired) electrons. The van der Waals surface area contributed by atoms with Crippen molar-refractivity contribution in [3.8, 4) is 0 Å². The van der Waals surface area contributed by atoms with E-state index in [1.54, 1.807) is 0 Å². The smallest absolute Gasteiger partial charge is 0.0185 e. The van der Waals surface area contributed by atoms with Crippen LogP contribution in [0.25, 0.3) is 5.31 Å². The van der Waals surface area contributed by atoms with Crippen molar-refractivity contribution in [1.82, 2.24) is 0 Å². The van der Waals surface area contributed by atoms with E-state index in [9.17, 15) is 0 Å². The van der Waals surface area contributed by atoms with E-state index in [2.05, 4.69) is 30.6 Å². The highest BCUT2D eigenvalue weighted by atomic mass is 31.0. The van der Waals surface area contributed by atoms with Gasteiger partial charge in [-0.1, -0.05) is 36.1 Å². The van der Waals surface area contributed by atoms with Crippen LogP contribution >= 0.6 is 18.5 Å². The van der Waals surface area contributed by atoms with E-state index in [-0.39, 0.29) is 0 Å². The lowest BCUT2D eigenvalue weighted by atomic mass is 10.2. The fraction of sp³-hybridized carbons (Fsp3) is 0. The van der Waals surface area contributed by atoms with Gasteiger partial charge in [-0.25, -0.2) is 0 Å². The summed E-state index contributed by atoms with van der Waals surface area (Å²) in [5.74, 6) is 2.00. The first-order chi connectivity index (χ1) is 4.84. The molecule has 0 heterocycles.